The summed E-state index contributed by atoms with van der Waals surface area (Å²) in [4.78, 5) is 0.306. The maximum absolute atomic E-state index is 11.7. The molecule has 0 amide bonds. The molecule has 2 aromatic carbocycles. The van der Waals surface area contributed by atoms with Crippen LogP contribution in [0.2, 0.25) is 0 Å². The van der Waals surface area contributed by atoms with Crippen molar-refractivity contribution in [3.8, 4) is 22.3 Å². The minimum Gasteiger partial charge on any atom is -0.471 e. The monoisotopic (exact) mass is 298 g/mol. The van der Waals surface area contributed by atoms with Crippen LogP contribution >= 0.6 is 0 Å². The first-order valence-corrected chi connectivity index (χ1v) is 8.37. The number of benzene rings is 2. The minimum absolute atomic E-state index is 0.306. The van der Waals surface area contributed by atoms with Crippen molar-refractivity contribution >= 4 is 9.84 Å². The molecule has 106 valence electrons. The molecule has 0 aliphatic heterocycles. The molecule has 0 N–H and O–H groups in total. The molecule has 3 rings (SSSR count). The summed E-state index contributed by atoms with van der Waals surface area (Å²) in [6.45, 7) is 0. The fourth-order valence-electron chi connectivity index (χ4n) is 2.26. The zero-order chi connectivity index (χ0) is 14.9. The molecule has 0 saturated heterocycles. The molecule has 1 heterocycles. The topological polar surface area (TPSA) is 47.3 Å². The number of hydrogen-bond donors (Lipinski definition) is 0. The van der Waals surface area contributed by atoms with Crippen molar-refractivity contribution in [2.75, 3.05) is 6.26 Å². The molecule has 0 atom stereocenters. The molecule has 3 nitrogen and oxygen atoms in total. The number of rotatable bonds is 3. The van der Waals surface area contributed by atoms with E-state index < -0.39 is 9.84 Å². The highest BCUT2D eigenvalue weighted by Crippen LogP contribution is 2.33. The van der Waals surface area contributed by atoms with Crippen LogP contribution in [0.4, 0.5) is 0 Å². The highest BCUT2D eigenvalue weighted by atomic mass is 32.2. The average Bonchev–Trinajstić information content (AvgIpc) is 2.97. The lowest BCUT2D eigenvalue weighted by Gasteiger charge is -2.05. The highest BCUT2D eigenvalue weighted by Gasteiger charge is 2.13. The highest BCUT2D eigenvalue weighted by molar-refractivity contribution is 7.90. The number of sulfone groups is 1. The van der Waals surface area contributed by atoms with Gasteiger partial charge in [-0.25, -0.2) is 8.42 Å². The fraction of sp³-hybridized carbons (Fsp3) is 0.0588. The number of hydrogen-bond acceptors (Lipinski definition) is 3. The molecule has 0 aliphatic rings. The Bertz CT molecular complexity index is 862. The third kappa shape index (κ3) is 2.76. The summed E-state index contributed by atoms with van der Waals surface area (Å²) in [5, 5.41) is 0. The second-order valence-corrected chi connectivity index (χ2v) is 6.88. The largest absolute Gasteiger partial charge is 0.471 e. The third-order valence-electron chi connectivity index (χ3n) is 3.32. The fourth-order valence-corrected chi connectivity index (χ4v) is 2.92. The Labute approximate surface area is 123 Å². The van der Waals surface area contributed by atoms with Crippen molar-refractivity contribution in [3.05, 3.63) is 67.1 Å². The Morgan fingerprint density at radius 2 is 1.43 bits per heavy atom. The molecule has 0 fully saturated rings. The molecular formula is C17H14O3S. The van der Waals surface area contributed by atoms with Crippen LogP contribution < -0.4 is 0 Å². The molecule has 0 bridgehead atoms. The van der Waals surface area contributed by atoms with Crippen molar-refractivity contribution in [2.24, 2.45) is 0 Å². The smallest absolute Gasteiger partial charge is 0.175 e. The second-order valence-electron chi connectivity index (χ2n) is 4.87. The first-order valence-electron chi connectivity index (χ1n) is 6.48. The molecule has 0 aliphatic carbocycles. The summed E-state index contributed by atoms with van der Waals surface area (Å²) in [6, 6.07) is 16.8. The van der Waals surface area contributed by atoms with E-state index in [0.717, 1.165) is 22.3 Å². The van der Waals surface area contributed by atoms with E-state index in [1.54, 1.807) is 30.7 Å². The van der Waals surface area contributed by atoms with Crippen LogP contribution in [-0.2, 0) is 9.84 Å². The molecule has 21 heavy (non-hydrogen) atoms. The van der Waals surface area contributed by atoms with Crippen LogP contribution in [0.15, 0.2) is 76.4 Å². The summed E-state index contributed by atoms with van der Waals surface area (Å²) in [5.74, 6) is 0. The Morgan fingerprint density at radius 3 is 2.10 bits per heavy atom. The molecule has 0 radical (unpaired) electrons. The zero-order valence-corrected chi connectivity index (χ0v) is 12.3. The summed E-state index contributed by atoms with van der Waals surface area (Å²) >= 11 is 0. The van der Waals surface area contributed by atoms with Gasteiger partial charge in [0.2, 0.25) is 0 Å². The van der Waals surface area contributed by atoms with Gasteiger partial charge in [-0.2, -0.15) is 0 Å². The zero-order valence-electron chi connectivity index (χ0n) is 11.5. The van der Waals surface area contributed by atoms with Gasteiger partial charge in [-0.1, -0.05) is 42.5 Å². The van der Waals surface area contributed by atoms with E-state index in [2.05, 4.69) is 0 Å². The minimum atomic E-state index is -3.22. The Kier molecular flexibility index (Phi) is 3.39. The van der Waals surface area contributed by atoms with Gasteiger partial charge in [0.05, 0.1) is 17.4 Å². The molecule has 4 heteroatoms. The average molecular weight is 298 g/mol. The first-order chi connectivity index (χ1) is 10.1. The Hall–Kier alpha value is -2.33. The molecule has 0 unspecified atom stereocenters. The predicted octanol–water partition coefficient (Wildman–Crippen LogP) is 4.02. The maximum Gasteiger partial charge on any atom is 0.175 e. The van der Waals surface area contributed by atoms with Gasteiger partial charge in [0, 0.05) is 17.4 Å². The van der Waals surface area contributed by atoms with Crippen LogP contribution in [-0.4, -0.2) is 14.7 Å². The van der Waals surface area contributed by atoms with Crippen LogP contribution in [0.1, 0.15) is 0 Å². The van der Waals surface area contributed by atoms with Gasteiger partial charge in [0.25, 0.3) is 0 Å². The molecule has 0 spiro atoms. The summed E-state index contributed by atoms with van der Waals surface area (Å²) in [6.07, 6.45) is 4.53. The SMILES string of the molecule is CS(=O)(=O)c1cccc(-c2cocc2-c2ccccc2)c1. The van der Waals surface area contributed by atoms with Crippen molar-refractivity contribution < 1.29 is 12.8 Å². The normalized spacial score (nSPS) is 11.5. The van der Waals surface area contributed by atoms with E-state index >= 15 is 0 Å². The van der Waals surface area contributed by atoms with E-state index in [4.69, 9.17) is 4.42 Å². The summed E-state index contributed by atoms with van der Waals surface area (Å²) < 4.78 is 28.7. The van der Waals surface area contributed by atoms with Crippen molar-refractivity contribution in [3.63, 3.8) is 0 Å². The third-order valence-corrected chi connectivity index (χ3v) is 4.43. The van der Waals surface area contributed by atoms with Crippen molar-refractivity contribution in [2.45, 2.75) is 4.90 Å². The van der Waals surface area contributed by atoms with E-state index in [0.29, 0.717) is 4.90 Å². The van der Waals surface area contributed by atoms with Crippen LogP contribution in [0, 0.1) is 0 Å². The van der Waals surface area contributed by atoms with Gasteiger partial charge in [-0.05, 0) is 23.3 Å². The number of furan rings is 1. The molecule has 0 saturated carbocycles. The van der Waals surface area contributed by atoms with Crippen molar-refractivity contribution in [1.29, 1.82) is 0 Å². The van der Waals surface area contributed by atoms with E-state index in [1.165, 1.54) is 6.26 Å². The Balaban J connectivity index is 2.13. The van der Waals surface area contributed by atoms with Gasteiger partial charge in [-0.15, -0.1) is 0 Å². The lowest BCUT2D eigenvalue weighted by Crippen LogP contribution is -1.96. The van der Waals surface area contributed by atoms with Gasteiger partial charge >= 0.3 is 0 Å². The first kappa shape index (κ1) is 13.6. The summed E-state index contributed by atoms with van der Waals surface area (Å²) in [5.41, 5.74) is 3.68. The molecular weight excluding hydrogens is 284 g/mol. The van der Waals surface area contributed by atoms with Gasteiger partial charge in [0.1, 0.15) is 0 Å². The van der Waals surface area contributed by atoms with Gasteiger partial charge in [-0.3, -0.25) is 0 Å². The lowest BCUT2D eigenvalue weighted by molar-refractivity contribution is 0.569. The maximum atomic E-state index is 11.7. The van der Waals surface area contributed by atoms with Crippen LogP contribution in [0.25, 0.3) is 22.3 Å². The van der Waals surface area contributed by atoms with Crippen molar-refractivity contribution in [1.82, 2.24) is 0 Å². The standard InChI is InChI=1S/C17H14O3S/c1-21(18,19)15-9-5-8-14(10-15)17-12-20-11-16(17)13-6-3-2-4-7-13/h2-12H,1H3. The summed E-state index contributed by atoms with van der Waals surface area (Å²) in [7, 11) is -3.22. The molecule has 3 aromatic rings. The second kappa shape index (κ2) is 5.22. The molecule has 1 aromatic heterocycles. The lowest BCUT2D eigenvalue weighted by atomic mass is 9.99. The van der Waals surface area contributed by atoms with Crippen LogP contribution in [0.3, 0.4) is 0 Å². The predicted molar refractivity (Wildman–Crippen MR) is 82.7 cm³/mol. The van der Waals surface area contributed by atoms with E-state index in [-0.39, 0.29) is 0 Å². The van der Waals surface area contributed by atoms with Gasteiger partial charge in [0.15, 0.2) is 9.84 Å². The van der Waals surface area contributed by atoms with Gasteiger partial charge < -0.3 is 4.42 Å². The quantitative estimate of drug-likeness (QED) is 0.733. The van der Waals surface area contributed by atoms with E-state index in [1.807, 2.05) is 36.4 Å². The Morgan fingerprint density at radius 1 is 0.810 bits per heavy atom. The van der Waals surface area contributed by atoms with Crippen LogP contribution in [0.5, 0.6) is 0 Å². The van der Waals surface area contributed by atoms with E-state index in [9.17, 15) is 8.42 Å².